The molecule has 0 bridgehead atoms. The molecule has 1 atom stereocenters. The molecule has 1 rings (SSSR count). The van der Waals surface area contributed by atoms with Crippen LogP contribution in [0.4, 0.5) is 13.2 Å². The molecule has 0 aliphatic carbocycles. The average Bonchev–Trinajstić information content (AvgIpc) is 2.45. The number of aromatic nitrogens is 3. The van der Waals surface area contributed by atoms with Crippen molar-refractivity contribution in [3.8, 4) is 0 Å². The highest BCUT2D eigenvalue weighted by atomic mass is 19.4. The van der Waals surface area contributed by atoms with Gasteiger partial charge >= 0.3 is 6.18 Å². The van der Waals surface area contributed by atoms with Crippen molar-refractivity contribution >= 4 is 0 Å². The average molecular weight is 225 g/mol. The summed E-state index contributed by atoms with van der Waals surface area (Å²) in [5, 5.41) is 20.8. The zero-order valence-electron chi connectivity index (χ0n) is 8.02. The largest absolute Gasteiger partial charge is 0.453 e. The Hall–Kier alpha value is -1.15. The van der Waals surface area contributed by atoms with E-state index in [4.69, 9.17) is 10.2 Å². The number of hydrogen-bond donors (Lipinski definition) is 2. The summed E-state index contributed by atoms with van der Waals surface area (Å²) in [5.74, 6) is -1.31. The van der Waals surface area contributed by atoms with Crippen molar-refractivity contribution in [2.24, 2.45) is 0 Å². The van der Waals surface area contributed by atoms with Gasteiger partial charge in [-0.15, -0.1) is 5.10 Å². The fourth-order valence-electron chi connectivity index (χ4n) is 1.03. The summed E-state index contributed by atoms with van der Waals surface area (Å²) in [6, 6.07) is -0.978. The zero-order valence-corrected chi connectivity index (χ0v) is 8.02. The summed E-state index contributed by atoms with van der Waals surface area (Å²) in [5.41, 5.74) is 0. The van der Waals surface area contributed by atoms with E-state index in [0.29, 0.717) is 0 Å². The van der Waals surface area contributed by atoms with E-state index in [9.17, 15) is 13.2 Å². The molecule has 2 N–H and O–H groups in total. The van der Waals surface area contributed by atoms with Gasteiger partial charge in [0.15, 0.2) is 6.29 Å². The van der Waals surface area contributed by atoms with E-state index in [1.165, 1.54) is 13.8 Å². The maximum atomic E-state index is 12.2. The Labute approximate surface area is 83.2 Å². The molecule has 0 aliphatic rings. The third kappa shape index (κ3) is 2.45. The fourth-order valence-corrected chi connectivity index (χ4v) is 1.03. The van der Waals surface area contributed by atoms with Crippen LogP contribution in [-0.4, -0.2) is 31.3 Å². The normalized spacial score (nSPS) is 14.7. The van der Waals surface area contributed by atoms with Crippen LogP contribution in [0.25, 0.3) is 0 Å². The lowest BCUT2D eigenvalue weighted by atomic mass is 10.3. The molecular formula is C7H10F3N3O2. The molecule has 0 saturated heterocycles. The summed E-state index contributed by atoms with van der Waals surface area (Å²) in [7, 11) is 0. The maximum absolute atomic E-state index is 12.2. The Morgan fingerprint density at radius 1 is 1.33 bits per heavy atom. The fraction of sp³-hybridized carbons (Fsp3) is 0.714. The molecule has 86 valence electrons. The predicted octanol–water partition coefficient (Wildman–Crippen LogP) is 0.477. The molecule has 0 aliphatic heterocycles. The van der Waals surface area contributed by atoms with Gasteiger partial charge in [-0.1, -0.05) is 0 Å². The highest BCUT2D eigenvalue weighted by molar-refractivity contribution is 4.96. The molecule has 0 amide bonds. The van der Waals surface area contributed by atoms with E-state index in [1.807, 2.05) is 0 Å². The van der Waals surface area contributed by atoms with E-state index in [-0.39, 0.29) is 5.82 Å². The Morgan fingerprint density at radius 3 is 2.20 bits per heavy atom. The van der Waals surface area contributed by atoms with Crippen molar-refractivity contribution in [1.82, 2.24) is 14.8 Å². The Balaban J connectivity index is 3.07. The summed E-state index contributed by atoms with van der Waals surface area (Å²) in [6.07, 6.45) is -6.41. The lowest BCUT2D eigenvalue weighted by molar-refractivity contribution is -0.145. The lowest BCUT2D eigenvalue weighted by Gasteiger charge is -2.14. The van der Waals surface area contributed by atoms with Crippen molar-refractivity contribution in [1.29, 1.82) is 0 Å². The highest BCUT2D eigenvalue weighted by Crippen LogP contribution is 2.27. The van der Waals surface area contributed by atoms with E-state index < -0.39 is 24.3 Å². The van der Waals surface area contributed by atoms with Crippen molar-refractivity contribution in [2.45, 2.75) is 32.4 Å². The number of aryl methyl sites for hydroxylation is 1. The van der Waals surface area contributed by atoms with Gasteiger partial charge in [0.25, 0.3) is 5.82 Å². The van der Waals surface area contributed by atoms with Gasteiger partial charge in [-0.05, 0) is 13.8 Å². The highest BCUT2D eigenvalue weighted by Gasteiger charge is 2.37. The van der Waals surface area contributed by atoms with Crippen molar-refractivity contribution < 1.29 is 23.4 Å². The van der Waals surface area contributed by atoms with Crippen LogP contribution in [0.5, 0.6) is 0 Å². The van der Waals surface area contributed by atoms with Gasteiger partial charge in [-0.25, -0.2) is 9.67 Å². The molecule has 15 heavy (non-hydrogen) atoms. The molecule has 0 saturated carbocycles. The summed E-state index contributed by atoms with van der Waals surface area (Å²) in [6.45, 7) is 2.63. The topological polar surface area (TPSA) is 71.2 Å². The molecule has 0 fully saturated rings. The van der Waals surface area contributed by atoms with Gasteiger partial charge in [-0.3, -0.25) is 0 Å². The Bertz CT molecular complexity index is 348. The molecule has 0 radical (unpaired) electrons. The number of nitrogens with zero attached hydrogens (tertiary/aromatic N) is 3. The third-order valence-electron chi connectivity index (χ3n) is 1.87. The summed E-state index contributed by atoms with van der Waals surface area (Å²) in [4.78, 5) is 3.19. The minimum atomic E-state index is -4.63. The monoisotopic (exact) mass is 225 g/mol. The molecule has 0 spiro atoms. The van der Waals surface area contributed by atoms with E-state index in [2.05, 4.69) is 10.1 Å². The number of aliphatic hydroxyl groups excluding tert-OH is 1. The first kappa shape index (κ1) is 11.9. The van der Waals surface area contributed by atoms with E-state index in [1.54, 1.807) is 0 Å². The van der Waals surface area contributed by atoms with Crippen molar-refractivity contribution in [3.63, 3.8) is 0 Å². The number of hydrogen-bond acceptors (Lipinski definition) is 4. The van der Waals surface area contributed by atoms with Gasteiger partial charge < -0.3 is 10.2 Å². The summed E-state index contributed by atoms with van der Waals surface area (Å²) < 4.78 is 37.4. The van der Waals surface area contributed by atoms with Crippen LogP contribution in [0, 0.1) is 6.92 Å². The van der Waals surface area contributed by atoms with E-state index >= 15 is 0 Å². The van der Waals surface area contributed by atoms with Gasteiger partial charge in [0.05, 0.1) is 0 Å². The molecule has 1 heterocycles. The molecule has 0 aromatic carbocycles. The smallest absolute Gasteiger partial charge is 0.366 e. The van der Waals surface area contributed by atoms with Crippen LogP contribution in [-0.2, 0) is 6.18 Å². The first-order valence-electron chi connectivity index (χ1n) is 4.10. The predicted molar refractivity (Wildman–Crippen MR) is 42.7 cm³/mol. The first-order valence-corrected chi connectivity index (χ1v) is 4.10. The first-order chi connectivity index (χ1) is 6.73. The number of rotatable bonds is 2. The number of alkyl halides is 3. The van der Waals surface area contributed by atoms with Crippen LogP contribution in [0.2, 0.25) is 0 Å². The third-order valence-corrected chi connectivity index (χ3v) is 1.87. The van der Waals surface area contributed by atoms with Crippen molar-refractivity contribution in [3.05, 3.63) is 11.6 Å². The second-order valence-corrected chi connectivity index (χ2v) is 3.08. The lowest BCUT2D eigenvalue weighted by Crippen LogP contribution is -2.23. The standard InChI is InChI=1S/C7H10F3N3O2/c1-3(5(14)15)13-4(2)11-6(12-13)7(8,9)10/h3,5,14-15H,1-2H3. The molecule has 8 heteroatoms. The molecule has 1 aromatic rings. The second-order valence-electron chi connectivity index (χ2n) is 3.08. The molecular weight excluding hydrogens is 215 g/mol. The number of aliphatic hydroxyl groups is 2. The molecule has 1 aromatic heterocycles. The minimum absolute atomic E-state index is 0.0251. The van der Waals surface area contributed by atoms with Gasteiger partial charge in [-0.2, -0.15) is 13.2 Å². The van der Waals surface area contributed by atoms with Crippen LogP contribution >= 0.6 is 0 Å². The molecule has 1 unspecified atom stereocenters. The van der Waals surface area contributed by atoms with Crippen LogP contribution in [0.15, 0.2) is 0 Å². The second kappa shape index (κ2) is 3.78. The molecule has 5 nitrogen and oxygen atoms in total. The quantitative estimate of drug-likeness (QED) is 0.718. The van der Waals surface area contributed by atoms with Gasteiger partial charge in [0, 0.05) is 0 Å². The van der Waals surface area contributed by atoms with Crippen LogP contribution in [0.3, 0.4) is 0 Å². The minimum Gasteiger partial charge on any atom is -0.366 e. The SMILES string of the molecule is Cc1nc(C(F)(F)F)nn1C(C)C(O)O. The van der Waals surface area contributed by atoms with Crippen LogP contribution in [0.1, 0.15) is 24.6 Å². The maximum Gasteiger partial charge on any atom is 0.453 e. The zero-order chi connectivity index (χ0) is 11.8. The van der Waals surface area contributed by atoms with E-state index in [0.717, 1.165) is 4.68 Å². The van der Waals surface area contributed by atoms with Gasteiger partial charge in [0.1, 0.15) is 11.9 Å². The number of halogens is 3. The summed E-state index contributed by atoms with van der Waals surface area (Å²) >= 11 is 0. The Kier molecular flexibility index (Phi) is 3.00. The Morgan fingerprint density at radius 2 is 1.87 bits per heavy atom. The van der Waals surface area contributed by atoms with Crippen molar-refractivity contribution in [2.75, 3.05) is 0 Å². The van der Waals surface area contributed by atoms with Gasteiger partial charge in [0.2, 0.25) is 0 Å². The van der Waals surface area contributed by atoms with Crippen LogP contribution < -0.4 is 0 Å².